The molecule has 0 aromatic rings. The third kappa shape index (κ3) is 11.5. The highest BCUT2D eigenvalue weighted by Crippen LogP contribution is 2.17. The molecule has 0 saturated heterocycles. The van der Waals surface area contributed by atoms with Crippen molar-refractivity contribution in [3.05, 3.63) is 0 Å². The van der Waals surface area contributed by atoms with E-state index in [1.54, 1.807) is 0 Å². The summed E-state index contributed by atoms with van der Waals surface area (Å²) in [5.74, 6) is 0. The molecular weight excluding hydrogens is 316 g/mol. The Labute approximate surface area is 149 Å². The molecule has 0 rings (SSSR count). The van der Waals surface area contributed by atoms with Crippen molar-refractivity contribution in [3.63, 3.8) is 0 Å². The van der Waals surface area contributed by atoms with E-state index in [9.17, 15) is 0 Å². The summed E-state index contributed by atoms with van der Waals surface area (Å²) in [5, 5.41) is 0. The molecule has 0 fully saturated rings. The van der Waals surface area contributed by atoms with Gasteiger partial charge in [-0.1, -0.05) is 33.5 Å². The Hall–Kier alpha value is 0.314. The first-order chi connectivity index (χ1) is 10.7. The smallest absolute Gasteiger partial charge is 0.186 e. The van der Waals surface area contributed by atoms with Crippen LogP contribution >= 0.6 is 0 Å². The lowest BCUT2D eigenvalue weighted by molar-refractivity contribution is 0.246. The molecule has 0 amide bonds. The van der Waals surface area contributed by atoms with Gasteiger partial charge in [0.25, 0.3) is 0 Å². The SMILES string of the molecule is CCCN(CCC)CCN(CCC[Si](C)(C)OCC)[Si](C)(C)C. The molecule has 0 aliphatic carbocycles. The minimum atomic E-state index is -1.42. The number of nitrogens with zero attached hydrogens (tertiary/aromatic N) is 2. The fraction of sp³-hybridized carbons (Fsp3) is 1.00. The summed E-state index contributed by atoms with van der Waals surface area (Å²) in [6, 6.07) is 1.29. The Balaban J connectivity index is 4.42. The standard InChI is InChI=1S/C18H44N2OSi2/c1-9-13-19(14-10-2)16-17-20(22(4,5)6)15-12-18-23(7,8)21-11-3/h9-18H2,1-8H3. The molecule has 0 spiro atoms. The van der Waals surface area contributed by atoms with Crippen LogP contribution in [0.3, 0.4) is 0 Å². The van der Waals surface area contributed by atoms with Crippen LogP contribution in [0.1, 0.15) is 40.0 Å². The molecule has 0 bridgehead atoms. The second-order valence-corrected chi connectivity index (χ2v) is 17.6. The fourth-order valence-electron chi connectivity index (χ4n) is 3.17. The third-order valence-electron chi connectivity index (χ3n) is 4.46. The van der Waals surface area contributed by atoms with E-state index in [2.05, 4.69) is 63.0 Å². The van der Waals surface area contributed by atoms with Gasteiger partial charge in [-0.15, -0.1) is 0 Å². The highest BCUT2D eigenvalue weighted by atomic mass is 28.4. The fourth-order valence-corrected chi connectivity index (χ4v) is 6.71. The van der Waals surface area contributed by atoms with E-state index in [1.807, 2.05) is 0 Å². The molecule has 0 aromatic carbocycles. The van der Waals surface area contributed by atoms with Crippen LogP contribution in [0.15, 0.2) is 0 Å². The molecule has 0 atom stereocenters. The molecule has 0 saturated carbocycles. The van der Waals surface area contributed by atoms with Crippen LogP contribution in [-0.4, -0.2) is 65.3 Å². The van der Waals surface area contributed by atoms with Crippen LogP contribution in [0.5, 0.6) is 0 Å². The first kappa shape index (κ1) is 23.3. The Kier molecular flexibility index (Phi) is 12.0. The van der Waals surface area contributed by atoms with Crippen molar-refractivity contribution in [2.75, 3.05) is 39.3 Å². The average Bonchev–Trinajstić information content (AvgIpc) is 2.41. The molecular formula is C18H44N2OSi2. The van der Waals surface area contributed by atoms with Crippen molar-refractivity contribution >= 4 is 16.6 Å². The zero-order valence-corrected chi connectivity index (χ0v) is 19.4. The lowest BCUT2D eigenvalue weighted by Gasteiger charge is -2.36. The molecule has 0 radical (unpaired) electrons. The van der Waals surface area contributed by atoms with E-state index in [0.717, 1.165) is 6.61 Å². The molecule has 0 aliphatic heterocycles. The summed E-state index contributed by atoms with van der Waals surface area (Å²) in [7, 11) is -2.65. The normalized spacial score (nSPS) is 13.3. The lowest BCUT2D eigenvalue weighted by atomic mass is 10.3. The van der Waals surface area contributed by atoms with E-state index in [1.165, 1.54) is 58.0 Å². The van der Waals surface area contributed by atoms with Gasteiger partial charge >= 0.3 is 0 Å². The molecule has 0 unspecified atom stereocenters. The third-order valence-corrected chi connectivity index (χ3v) is 9.43. The van der Waals surface area contributed by atoms with Gasteiger partial charge in [-0.05, 0) is 65.0 Å². The number of hydrogen-bond acceptors (Lipinski definition) is 3. The van der Waals surface area contributed by atoms with Gasteiger partial charge in [-0.25, -0.2) is 0 Å². The summed E-state index contributed by atoms with van der Waals surface area (Å²) < 4.78 is 8.79. The number of hydrogen-bond donors (Lipinski definition) is 0. The maximum Gasteiger partial charge on any atom is 0.186 e. The van der Waals surface area contributed by atoms with E-state index >= 15 is 0 Å². The predicted octanol–water partition coefficient (Wildman–Crippen LogP) is 4.88. The topological polar surface area (TPSA) is 15.7 Å². The summed E-state index contributed by atoms with van der Waals surface area (Å²) >= 11 is 0. The summed E-state index contributed by atoms with van der Waals surface area (Å²) in [5.41, 5.74) is 0. The maximum absolute atomic E-state index is 5.98. The van der Waals surface area contributed by atoms with Crippen LogP contribution in [0.4, 0.5) is 0 Å². The van der Waals surface area contributed by atoms with Crippen molar-refractivity contribution in [1.29, 1.82) is 0 Å². The molecule has 140 valence electrons. The summed E-state index contributed by atoms with van der Waals surface area (Å²) in [4.78, 5) is 2.64. The number of rotatable bonds is 14. The van der Waals surface area contributed by atoms with Gasteiger partial charge in [-0.2, -0.15) is 0 Å². The predicted molar refractivity (Wildman–Crippen MR) is 110 cm³/mol. The Morgan fingerprint density at radius 2 is 1.30 bits per heavy atom. The van der Waals surface area contributed by atoms with Crippen molar-refractivity contribution in [1.82, 2.24) is 9.47 Å². The second-order valence-electron chi connectivity index (χ2n) is 8.30. The Morgan fingerprint density at radius 3 is 1.74 bits per heavy atom. The average molecular weight is 361 g/mol. The van der Waals surface area contributed by atoms with Crippen molar-refractivity contribution in [2.45, 2.75) is 78.8 Å². The highest BCUT2D eigenvalue weighted by molar-refractivity contribution is 6.73. The van der Waals surface area contributed by atoms with E-state index in [0.29, 0.717) is 0 Å². The van der Waals surface area contributed by atoms with E-state index in [4.69, 9.17) is 4.43 Å². The van der Waals surface area contributed by atoms with Crippen molar-refractivity contribution < 1.29 is 4.43 Å². The Bertz CT molecular complexity index is 287. The van der Waals surface area contributed by atoms with Crippen LogP contribution in [-0.2, 0) is 4.43 Å². The molecule has 5 heteroatoms. The minimum absolute atomic E-state index is 0.875. The Morgan fingerprint density at radius 1 is 0.739 bits per heavy atom. The summed E-state index contributed by atoms with van der Waals surface area (Å²) in [6.45, 7) is 26.0. The first-order valence-electron chi connectivity index (χ1n) is 9.77. The molecule has 0 aromatic heterocycles. The molecule has 3 nitrogen and oxygen atoms in total. The second kappa shape index (κ2) is 11.8. The largest absolute Gasteiger partial charge is 0.418 e. The van der Waals surface area contributed by atoms with Crippen LogP contribution in [0, 0.1) is 0 Å². The van der Waals surface area contributed by atoms with E-state index < -0.39 is 16.6 Å². The van der Waals surface area contributed by atoms with E-state index in [-0.39, 0.29) is 0 Å². The summed E-state index contributed by atoms with van der Waals surface area (Å²) in [6.07, 6.45) is 3.83. The molecule has 23 heavy (non-hydrogen) atoms. The van der Waals surface area contributed by atoms with Crippen LogP contribution in [0.2, 0.25) is 38.8 Å². The van der Waals surface area contributed by atoms with Gasteiger partial charge in [0, 0.05) is 19.7 Å². The van der Waals surface area contributed by atoms with Gasteiger partial charge in [0.15, 0.2) is 8.32 Å². The van der Waals surface area contributed by atoms with Gasteiger partial charge in [0.05, 0.1) is 0 Å². The minimum Gasteiger partial charge on any atom is -0.418 e. The zero-order valence-electron chi connectivity index (χ0n) is 17.4. The van der Waals surface area contributed by atoms with Gasteiger partial charge < -0.3 is 13.9 Å². The van der Waals surface area contributed by atoms with Crippen LogP contribution in [0.25, 0.3) is 0 Å². The van der Waals surface area contributed by atoms with Gasteiger partial charge in [-0.3, -0.25) is 0 Å². The van der Waals surface area contributed by atoms with Crippen molar-refractivity contribution in [3.8, 4) is 0 Å². The molecule has 0 N–H and O–H groups in total. The quantitative estimate of drug-likeness (QED) is 0.411. The zero-order chi connectivity index (χ0) is 17.9. The monoisotopic (exact) mass is 360 g/mol. The maximum atomic E-state index is 5.98. The van der Waals surface area contributed by atoms with Gasteiger partial charge in [0.2, 0.25) is 0 Å². The van der Waals surface area contributed by atoms with Gasteiger partial charge in [0.1, 0.15) is 8.24 Å². The lowest BCUT2D eigenvalue weighted by Crippen LogP contribution is -2.50. The first-order valence-corrected chi connectivity index (χ1v) is 16.3. The highest BCUT2D eigenvalue weighted by Gasteiger charge is 2.26. The molecule has 0 aliphatic rings. The van der Waals surface area contributed by atoms with Crippen molar-refractivity contribution in [2.24, 2.45) is 0 Å². The molecule has 0 heterocycles. The van der Waals surface area contributed by atoms with Crippen LogP contribution < -0.4 is 0 Å².